The molecule has 1 aliphatic heterocycles. The Morgan fingerprint density at radius 2 is 2.00 bits per heavy atom. The van der Waals surface area contributed by atoms with Gasteiger partial charge >= 0.3 is 5.97 Å². The lowest BCUT2D eigenvalue weighted by Crippen LogP contribution is -2.37. The maximum Gasteiger partial charge on any atom is 0.310 e. The van der Waals surface area contributed by atoms with Crippen molar-refractivity contribution in [2.45, 2.75) is 12.8 Å². The van der Waals surface area contributed by atoms with Crippen LogP contribution in [0.5, 0.6) is 11.5 Å². The van der Waals surface area contributed by atoms with Crippen LogP contribution in [0.15, 0.2) is 24.3 Å². The highest BCUT2D eigenvalue weighted by Crippen LogP contribution is 2.28. The number of methoxy groups -OCH3 is 1. The Morgan fingerprint density at radius 1 is 1.35 bits per heavy atom. The molecule has 2 N–H and O–H groups in total. The molecule has 20 heavy (non-hydrogen) atoms. The van der Waals surface area contributed by atoms with Crippen LogP contribution in [0.3, 0.4) is 0 Å². The van der Waals surface area contributed by atoms with Gasteiger partial charge in [-0.25, -0.2) is 0 Å². The average Bonchev–Trinajstić information content (AvgIpc) is 2.48. The van der Waals surface area contributed by atoms with Gasteiger partial charge in [0, 0.05) is 0 Å². The minimum Gasteiger partial charge on any atom is -0.493 e. The van der Waals surface area contributed by atoms with E-state index < -0.39 is 11.9 Å². The van der Waals surface area contributed by atoms with Gasteiger partial charge in [0.25, 0.3) is 0 Å². The van der Waals surface area contributed by atoms with E-state index in [1.165, 1.54) is 0 Å². The monoisotopic (exact) mass is 279 g/mol. The fourth-order valence-corrected chi connectivity index (χ4v) is 2.57. The molecule has 1 fully saturated rings. The van der Waals surface area contributed by atoms with Gasteiger partial charge in [-0.05, 0) is 44.0 Å². The maximum atomic E-state index is 11.4. The van der Waals surface area contributed by atoms with E-state index in [0.717, 1.165) is 25.9 Å². The zero-order valence-electron chi connectivity index (χ0n) is 11.7. The Hall–Kier alpha value is -1.75. The number of carboxylic acids is 1. The normalized spacial score (nSPS) is 17.4. The fourth-order valence-electron chi connectivity index (χ4n) is 2.57. The number of hydrogen-bond acceptors (Lipinski definition) is 4. The fraction of sp³-hybridized carbons (Fsp3) is 0.533. The summed E-state index contributed by atoms with van der Waals surface area (Å²) in [6.45, 7) is 1.94. The Balaban J connectivity index is 1.99. The van der Waals surface area contributed by atoms with Crippen molar-refractivity contribution in [3.8, 4) is 11.5 Å². The average molecular weight is 279 g/mol. The third-order valence-corrected chi connectivity index (χ3v) is 3.76. The molecule has 0 spiro atoms. The molecule has 2 rings (SSSR count). The molecule has 5 nitrogen and oxygen atoms in total. The van der Waals surface area contributed by atoms with E-state index >= 15 is 0 Å². The van der Waals surface area contributed by atoms with E-state index in [1.807, 2.05) is 12.1 Å². The summed E-state index contributed by atoms with van der Waals surface area (Å²) >= 11 is 0. The molecule has 0 aromatic heterocycles. The van der Waals surface area contributed by atoms with Crippen LogP contribution in [-0.2, 0) is 4.79 Å². The van der Waals surface area contributed by atoms with Gasteiger partial charge in [-0.2, -0.15) is 0 Å². The van der Waals surface area contributed by atoms with Crippen molar-refractivity contribution >= 4 is 5.97 Å². The molecular weight excluding hydrogens is 258 g/mol. The summed E-state index contributed by atoms with van der Waals surface area (Å²) in [7, 11) is 1.57. The van der Waals surface area contributed by atoms with Crippen molar-refractivity contribution in [1.82, 2.24) is 5.32 Å². The summed E-state index contributed by atoms with van der Waals surface area (Å²) < 4.78 is 10.9. The molecule has 110 valence electrons. The van der Waals surface area contributed by atoms with Crippen molar-refractivity contribution in [1.29, 1.82) is 0 Å². The number of hydrogen-bond donors (Lipinski definition) is 2. The molecule has 0 bridgehead atoms. The van der Waals surface area contributed by atoms with Crippen LogP contribution < -0.4 is 14.8 Å². The first-order chi connectivity index (χ1) is 9.72. The number of nitrogens with one attached hydrogen (secondary N) is 1. The number of ether oxygens (including phenoxy) is 2. The van der Waals surface area contributed by atoms with E-state index in [1.54, 1.807) is 19.2 Å². The first-order valence-corrected chi connectivity index (χ1v) is 6.91. The summed E-state index contributed by atoms with van der Waals surface area (Å²) in [6, 6.07) is 7.29. The Labute approximate surface area is 118 Å². The van der Waals surface area contributed by atoms with Gasteiger partial charge in [-0.15, -0.1) is 0 Å². The van der Waals surface area contributed by atoms with Gasteiger partial charge in [-0.1, -0.05) is 12.1 Å². The zero-order valence-corrected chi connectivity index (χ0v) is 11.7. The van der Waals surface area contributed by atoms with E-state index in [4.69, 9.17) is 9.47 Å². The van der Waals surface area contributed by atoms with Crippen molar-refractivity contribution < 1.29 is 19.4 Å². The lowest BCUT2D eigenvalue weighted by atomic mass is 9.85. The molecule has 1 heterocycles. The largest absolute Gasteiger partial charge is 0.493 e. The van der Waals surface area contributed by atoms with E-state index in [9.17, 15) is 9.90 Å². The second kappa shape index (κ2) is 7.14. The molecule has 1 aliphatic rings. The van der Waals surface area contributed by atoms with E-state index in [2.05, 4.69) is 5.32 Å². The quantitative estimate of drug-likeness (QED) is 0.830. The van der Waals surface area contributed by atoms with Crippen LogP contribution in [0, 0.1) is 11.8 Å². The summed E-state index contributed by atoms with van der Waals surface area (Å²) in [4.78, 5) is 11.4. The highest BCUT2D eigenvalue weighted by Gasteiger charge is 2.30. The minimum atomic E-state index is -0.785. The van der Waals surface area contributed by atoms with E-state index in [0.29, 0.717) is 11.5 Å². The molecule has 1 atom stereocenters. The molecule has 1 unspecified atom stereocenters. The predicted octanol–water partition coefficient (Wildman–Crippen LogP) is 1.77. The standard InChI is InChI=1S/C15H21NO4/c1-19-13-4-2-3-5-14(13)20-10-12(15(17)18)11-6-8-16-9-7-11/h2-5,11-12,16H,6-10H2,1H3,(H,17,18). The minimum absolute atomic E-state index is 0.170. The van der Waals surface area contributed by atoms with Crippen molar-refractivity contribution in [2.75, 3.05) is 26.8 Å². The predicted molar refractivity (Wildman–Crippen MR) is 75.2 cm³/mol. The third kappa shape index (κ3) is 3.63. The summed E-state index contributed by atoms with van der Waals surface area (Å²) in [5.41, 5.74) is 0. The number of carbonyl (C=O) groups is 1. The molecule has 0 radical (unpaired) electrons. The van der Waals surface area contributed by atoms with Crippen LogP contribution in [0.1, 0.15) is 12.8 Å². The molecule has 0 amide bonds. The summed E-state index contributed by atoms with van der Waals surface area (Å²) in [5.74, 6) is 0.134. The first-order valence-electron chi connectivity index (χ1n) is 6.91. The lowest BCUT2D eigenvalue weighted by molar-refractivity contribution is -0.145. The van der Waals surface area contributed by atoms with Crippen LogP contribution in [0.2, 0.25) is 0 Å². The molecule has 1 aromatic rings. The van der Waals surface area contributed by atoms with Gasteiger partial charge in [0.05, 0.1) is 13.0 Å². The van der Waals surface area contributed by atoms with Gasteiger partial charge in [0.1, 0.15) is 6.61 Å². The molecule has 5 heteroatoms. The third-order valence-electron chi connectivity index (χ3n) is 3.76. The number of aliphatic carboxylic acids is 1. The van der Waals surface area contributed by atoms with Gasteiger partial charge < -0.3 is 19.9 Å². The molecule has 1 aromatic carbocycles. The van der Waals surface area contributed by atoms with Crippen LogP contribution in [0.25, 0.3) is 0 Å². The van der Waals surface area contributed by atoms with E-state index in [-0.39, 0.29) is 12.5 Å². The highest BCUT2D eigenvalue weighted by atomic mass is 16.5. The number of carboxylic acid groups (broad SMARTS) is 1. The van der Waals surface area contributed by atoms with Crippen LogP contribution in [-0.4, -0.2) is 37.9 Å². The number of para-hydroxylation sites is 2. The lowest BCUT2D eigenvalue weighted by Gasteiger charge is -2.28. The van der Waals surface area contributed by atoms with Crippen molar-refractivity contribution in [2.24, 2.45) is 11.8 Å². The molecular formula is C15H21NO4. The topological polar surface area (TPSA) is 67.8 Å². The SMILES string of the molecule is COc1ccccc1OCC(C(=O)O)C1CCNCC1. The Kier molecular flexibility index (Phi) is 5.24. The van der Waals surface area contributed by atoms with Gasteiger partial charge in [-0.3, -0.25) is 4.79 Å². The molecule has 0 aliphatic carbocycles. The smallest absolute Gasteiger partial charge is 0.310 e. The summed E-state index contributed by atoms with van der Waals surface area (Å²) in [5, 5.41) is 12.6. The Bertz CT molecular complexity index is 443. The second-order valence-corrected chi connectivity index (χ2v) is 4.99. The zero-order chi connectivity index (χ0) is 14.4. The van der Waals surface area contributed by atoms with Gasteiger partial charge in [0.15, 0.2) is 11.5 Å². The second-order valence-electron chi connectivity index (χ2n) is 4.99. The maximum absolute atomic E-state index is 11.4. The number of piperidine rings is 1. The van der Waals surface area contributed by atoms with Crippen LogP contribution >= 0.6 is 0 Å². The first kappa shape index (κ1) is 14.7. The summed E-state index contributed by atoms with van der Waals surface area (Å²) in [6.07, 6.45) is 1.76. The molecule has 0 saturated carbocycles. The van der Waals surface area contributed by atoms with Crippen molar-refractivity contribution in [3.05, 3.63) is 24.3 Å². The Morgan fingerprint density at radius 3 is 2.60 bits per heavy atom. The number of benzene rings is 1. The van der Waals surface area contributed by atoms with Crippen molar-refractivity contribution in [3.63, 3.8) is 0 Å². The van der Waals surface area contributed by atoms with Crippen LogP contribution in [0.4, 0.5) is 0 Å². The van der Waals surface area contributed by atoms with Gasteiger partial charge in [0.2, 0.25) is 0 Å². The number of rotatable bonds is 6. The highest BCUT2D eigenvalue weighted by molar-refractivity contribution is 5.70. The molecule has 1 saturated heterocycles.